The molecule has 7 heteroatoms. The number of hydrogen-bond donors (Lipinski definition) is 1. The molecule has 1 aliphatic heterocycles. The van der Waals surface area contributed by atoms with Crippen LogP contribution in [0.1, 0.15) is 55.1 Å². The number of ether oxygens (including phenoxy) is 1. The van der Waals surface area contributed by atoms with Crippen molar-refractivity contribution in [2.45, 2.75) is 58.7 Å². The maximum absolute atomic E-state index is 13.3. The smallest absolute Gasteiger partial charge is 0.407 e. The van der Waals surface area contributed by atoms with Gasteiger partial charge in [0.1, 0.15) is 12.4 Å². The molecule has 1 fully saturated rings. The third-order valence-electron chi connectivity index (χ3n) is 5.95. The average molecular weight is 453 g/mol. The van der Waals surface area contributed by atoms with Gasteiger partial charge in [-0.15, -0.1) is 0 Å². The Labute approximate surface area is 195 Å². The first kappa shape index (κ1) is 24.3. The molecule has 3 rings (SSSR count). The van der Waals surface area contributed by atoms with Crippen molar-refractivity contribution in [1.29, 1.82) is 0 Å². The lowest BCUT2D eigenvalue weighted by Crippen LogP contribution is -2.50. The van der Waals surface area contributed by atoms with E-state index in [9.17, 15) is 19.5 Å². The molecule has 2 aromatic rings. The van der Waals surface area contributed by atoms with Crippen molar-refractivity contribution >= 4 is 17.8 Å². The normalized spacial score (nSPS) is 16.1. The van der Waals surface area contributed by atoms with Crippen molar-refractivity contribution in [3.8, 4) is 5.75 Å². The second-order valence-corrected chi connectivity index (χ2v) is 9.36. The van der Waals surface area contributed by atoms with Crippen LogP contribution in [0.25, 0.3) is 0 Å². The van der Waals surface area contributed by atoms with Crippen molar-refractivity contribution < 1.29 is 24.2 Å². The molecular weight excluding hydrogens is 420 g/mol. The van der Waals surface area contributed by atoms with Crippen LogP contribution in [-0.4, -0.2) is 57.4 Å². The summed E-state index contributed by atoms with van der Waals surface area (Å²) < 4.78 is 5.85. The molecule has 0 bridgehead atoms. The van der Waals surface area contributed by atoms with E-state index in [0.29, 0.717) is 24.3 Å². The number of benzene rings is 2. The summed E-state index contributed by atoms with van der Waals surface area (Å²) in [5.74, 6) is 0.438. The predicted molar refractivity (Wildman–Crippen MR) is 126 cm³/mol. The monoisotopic (exact) mass is 452 g/mol. The highest BCUT2D eigenvalue weighted by Gasteiger charge is 2.38. The Hall–Kier alpha value is -3.35. The fourth-order valence-electron chi connectivity index (χ4n) is 4.14. The number of ketones is 1. The molecule has 2 aromatic carbocycles. The molecule has 7 nitrogen and oxygen atoms in total. The van der Waals surface area contributed by atoms with Crippen LogP contribution >= 0.6 is 0 Å². The van der Waals surface area contributed by atoms with Gasteiger partial charge in [-0.2, -0.15) is 0 Å². The number of aryl methyl sites for hydroxylation is 1. The average Bonchev–Trinajstić information content (AvgIpc) is 3.12. The van der Waals surface area contributed by atoms with Gasteiger partial charge in [-0.25, -0.2) is 4.79 Å². The molecule has 33 heavy (non-hydrogen) atoms. The van der Waals surface area contributed by atoms with Gasteiger partial charge >= 0.3 is 6.09 Å². The number of Topliss-reactive ketones (excluding diaryl/α,β-unsaturated/α-hetero) is 1. The fourth-order valence-corrected chi connectivity index (χ4v) is 4.14. The van der Waals surface area contributed by atoms with E-state index in [1.54, 1.807) is 32.9 Å². The topological polar surface area (TPSA) is 87.2 Å². The van der Waals surface area contributed by atoms with E-state index in [1.807, 2.05) is 43.3 Å². The van der Waals surface area contributed by atoms with Crippen molar-refractivity contribution in [1.82, 2.24) is 9.80 Å². The number of amides is 2. The van der Waals surface area contributed by atoms with Crippen molar-refractivity contribution in [2.75, 3.05) is 13.1 Å². The van der Waals surface area contributed by atoms with Gasteiger partial charge in [0.25, 0.3) is 0 Å². The highest BCUT2D eigenvalue weighted by atomic mass is 16.5. The van der Waals surface area contributed by atoms with Gasteiger partial charge in [0.05, 0.1) is 6.04 Å². The maximum Gasteiger partial charge on any atom is 0.407 e. The quantitative estimate of drug-likeness (QED) is 0.595. The summed E-state index contributed by atoms with van der Waals surface area (Å²) in [6, 6.07) is 14.6. The van der Waals surface area contributed by atoms with E-state index in [4.69, 9.17) is 4.74 Å². The van der Waals surface area contributed by atoms with Gasteiger partial charge in [-0.3, -0.25) is 9.59 Å². The summed E-state index contributed by atoms with van der Waals surface area (Å²) in [4.78, 5) is 40.3. The van der Waals surface area contributed by atoms with E-state index < -0.39 is 17.7 Å². The Morgan fingerprint density at radius 1 is 1.15 bits per heavy atom. The van der Waals surface area contributed by atoms with Gasteiger partial charge in [0, 0.05) is 30.6 Å². The second-order valence-electron chi connectivity index (χ2n) is 9.36. The van der Waals surface area contributed by atoms with E-state index in [1.165, 1.54) is 9.80 Å². The van der Waals surface area contributed by atoms with E-state index in [0.717, 1.165) is 11.1 Å². The number of carbonyl (C=O) groups is 3. The van der Waals surface area contributed by atoms with Crippen LogP contribution in [0.5, 0.6) is 5.75 Å². The Morgan fingerprint density at radius 2 is 1.85 bits per heavy atom. The molecule has 2 amide bonds. The van der Waals surface area contributed by atoms with Crippen molar-refractivity contribution in [2.24, 2.45) is 0 Å². The van der Waals surface area contributed by atoms with Crippen LogP contribution < -0.4 is 4.74 Å². The standard InChI is InChI=1S/C26H32N2O5/c1-18-16-20(33-17-19-8-6-5-7-9-19)10-11-21(18)24(30)22-12-13-23(29)27(22)14-15-28(25(31)32)26(2,3)4/h5-11,16,22H,12-15,17H2,1-4H3,(H,31,32)/t22-/m0/s1. The number of nitrogens with zero attached hydrogens (tertiary/aromatic N) is 2. The minimum absolute atomic E-state index is 0.118. The first-order valence-corrected chi connectivity index (χ1v) is 11.2. The molecule has 1 saturated heterocycles. The predicted octanol–water partition coefficient (Wildman–Crippen LogP) is 4.53. The molecule has 1 atom stereocenters. The largest absolute Gasteiger partial charge is 0.489 e. The molecule has 0 aliphatic carbocycles. The summed E-state index contributed by atoms with van der Waals surface area (Å²) in [5.41, 5.74) is 1.80. The molecule has 0 saturated carbocycles. The van der Waals surface area contributed by atoms with E-state index in [-0.39, 0.29) is 31.2 Å². The molecule has 176 valence electrons. The molecule has 1 N–H and O–H groups in total. The summed E-state index contributed by atoms with van der Waals surface area (Å²) >= 11 is 0. The van der Waals surface area contributed by atoms with Gasteiger partial charge in [-0.1, -0.05) is 30.3 Å². The number of carbonyl (C=O) groups excluding carboxylic acids is 2. The number of carboxylic acid groups (broad SMARTS) is 1. The molecule has 0 aromatic heterocycles. The van der Waals surface area contributed by atoms with Crippen LogP contribution in [0, 0.1) is 6.92 Å². The van der Waals surface area contributed by atoms with Crippen molar-refractivity contribution in [3.05, 3.63) is 65.2 Å². The molecular formula is C26H32N2O5. The lowest BCUT2D eigenvalue weighted by Gasteiger charge is -2.35. The highest BCUT2D eigenvalue weighted by Crippen LogP contribution is 2.26. The summed E-state index contributed by atoms with van der Waals surface area (Å²) in [5, 5.41) is 9.52. The van der Waals surface area contributed by atoms with Crippen molar-refractivity contribution in [3.63, 3.8) is 0 Å². The first-order valence-electron chi connectivity index (χ1n) is 11.2. The lowest BCUT2D eigenvalue weighted by atomic mass is 9.97. The Morgan fingerprint density at radius 3 is 2.45 bits per heavy atom. The third kappa shape index (κ3) is 5.92. The Balaban J connectivity index is 1.69. The van der Waals surface area contributed by atoms with Crippen LogP contribution in [0.15, 0.2) is 48.5 Å². The summed E-state index contributed by atoms with van der Waals surface area (Å²) in [6.45, 7) is 8.05. The molecule has 0 spiro atoms. The van der Waals surface area contributed by atoms with Gasteiger partial charge in [0.2, 0.25) is 5.91 Å². The third-order valence-corrected chi connectivity index (χ3v) is 5.95. The van der Waals surface area contributed by atoms with Gasteiger partial charge in [0.15, 0.2) is 5.78 Å². The van der Waals surface area contributed by atoms with E-state index in [2.05, 4.69) is 0 Å². The summed E-state index contributed by atoms with van der Waals surface area (Å²) in [7, 11) is 0. The van der Waals surface area contributed by atoms with Crippen LogP contribution in [0.3, 0.4) is 0 Å². The van der Waals surface area contributed by atoms with Crippen LogP contribution in [-0.2, 0) is 11.4 Å². The molecule has 0 radical (unpaired) electrons. The molecule has 1 aliphatic rings. The lowest BCUT2D eigenvalue weighted by molar-refractivity contribution is -0.128. The Bertz CT molecular complexity index is 1010. The van der Waals surface area contributed by atoms with Crippen LogP contribution in [0.4, 0.5) is 4.79 Å². The zero-order valence-electron chi connectivity index (χ0n) is 19.7. The van der Waals surface area contributed by atoms with Gasteiger partial charge in [-0.05, 0) is 63.4 Å². The zero-order chi connectivity index (χ0) is 24.2. The van der Waals surface area contributed by atoms with Gasteiger partial charge < -0.3 is 19.6 Å². The first-order chi connectivity index (χ1) is 15.6. The highest BCUT2D eigenvalue weighted by molar-refractivity contribution is 6.04. The minimum atomic E-state index is -1.04. The minimum Gasteiger partial charge on any atom is -0.489 e. The SMILES string of the molecule is Cc1cc(OCc2ccccc2)ccc1C(=O)[C@@H]1CCC(=O)N1CCN(C(=O)O)C(C)(C)C. The number of rotatable bonds is 8. The Kier molecular flexibility index (Phi) is 7.41. The van der Waals surface area contributed by atoms with Crippen LogP contribution in [0.2, 0.25) is 0 Å². The second kappa shape index (κ2) is 10.1. The number of likely N-dealkylation sites (tertiary alicyclic amines) is 1. The maximum atomic E-state index is 13.3. The number of hydrogen-bond acceptors (Lipinski definition) is 4. The molecule has 1 heterocycles. The summed E-state index contributed by atoms with van der Waals surface area (Å²) in [6.07, 6.45) is -0.318. The fraction of sp³-hybridized carbons (Fsp3) is 0.423. The zero-order valence-corrected chi connectivity index (χ0v) is 19.7. The van der Waals surface area contributed by atoms with E-state index >= 15 is 0 Å². The molecule has 0 unspecified atom stereocenters.